The molecule has 0 atom stereocenters. The van der Waals surface area contributed by atoms with E-state index in [9.17, 15) is 4.79 Å². The average Bonchev–Trinajstić information content (AvgIpc) is 3.06. The molecule has 0 saturated carbocycles. The molecule has 0 bridgehead atoms. The Morgan fingerprint density at radius 3 is 2.66 bits per heavy atom. The van der Waals surface area contributed by atoms with Crippen LogP contribution in [-0.4, -0.2) is 17.3 Å². The SMILES string of the molecule is COc1cc(/C=C2/SC(=S)N(c3cccc(Br)c3)C2=O)ccc1OCc1ccccc1Cl. The molecular formula is C24H17BrClNO3S2. The van der Waals surface area contributed by atoms with Gasteiger partial charge in [0.25, 0.3) is 5.91 Å². The highest BCUT2D eigenvalue weighted by Gasteiger charge is 2.33. The van der Waals surface area contributed by atoms with Crippen LogP contribution in [0.3, 0.4) is 0 Å². The topological polar surface area (TPSA) is 38.8 Å². The predicted molar refractivity (Wildman–Crippen MR) is 139 cm³/mol. The van der Waals surface area contributed by atoms with Crippen molar-refractivity contribution in [1.82, 2.24) is 0 Å². The predicted octanol–water partition coefficient (Wildman–Crippen LogP) is 7.10. The fourth-order valence-electron chi connectivity index (χ4n) is 3.12. The van der Waals surface area contributed by atoms with E-state index in [0.29, 0.717) is 32.4 Å². The quantitative estimate of drug-likeness (QED) is 0.244. The number of carbonyl (C=O) groups excluding carboxylic acids is 1. The highest BCUT2D eigenvalue weighted by molar-refractivity contribution is 9.10. The number of nitrogens with zero attached hydrogens (tertiary/aromatic N) is 1. The van der Waals surface area contributed by atoms with E-state index in [-0.39, 0.29) is 5.91 Å². The summed E-state index contributed by atoms with van der Waals surface area (Å²) in [6, 6.07) is 20.5. The van der Waals surface area contributed by atoms with Gasteiger partial charge in [0, 0.05) is 15.1 Å². The number of anilines is 1. The number of hydrogen-bond acceptors (Lipinski definition) is 5. The number of hydrogen-bond donors (Lipinski definition) is 0. The maximum atomic E-state index is 13.0. The number of methoxy groups -OCH3 is 1. The van der Waals surface area contributed by atoms with Crippen LogP contribution in [0.15, 0.2) is 76.1 Å². The molecule has 1 aliphatic rings. The first-order valence-electron chi connectivity index (χ1n) is 9.54. The highest BCUT2D eigenvalue weighted by Crippen LogP contribution is 2.38. The summed E-state index contributed by atoms with van der Waals surface area (Å²) in [7, 11) is 1.58. The summed E-state index contributed by atoms with van der Waals surface area (Å²) in [5.74, 6) is 0.996. The van der Waals surface area contributed by atoms with Crippen molar-refractivity contribution in [3.8, 4) is 11.5 Å². The Morgan fingerprint density at radius 1 is 1.09 bits per heavy atom. The zero-order valence-corrected chi connectivity index (χ0v) is 20.9. The monoisotopic (exact) mass is 545 g/mol. The van der Waals surface area contributed by atoms with Gasteiger partial charge in [0.1, 0.15) is 6.61 Å². The molecule has 0 N–H and O–H groups in total. The van der Waals surface area contributed by atoms with Crippen LogP contribution in [0, 0.1) is 0 Å². The van der Waals surface area contributed by atoms with Gasteiger partial charge in [-0.05, 0) is 48.0 Å². The van der Waals surface area contributed by atoms with Crippen LogP contribution in [0.2, 0.25) is 5.02 Å². The van der Waals surface area contributed by atoms with Crippen LogP contribution in [0.4, 0.5) is 5.69 Å². The van der Waals surface area contributed by atoms with Crippen LogP contribution in [-0.2, 0) is 11.4 Å². The molecule has 1 amide bonds. The lowest BCUT2D eigenvalue weighted by Gasteiger charge is -2.14. The van der Waals surface area contributed by atoms with Gasteiger partial charge in [-0.15, -0.1) is 0 Å². The van der Waals surface area contributed by atoms with Gasteiger partial charge in [0.05, 0.1) is 17.7 Å². The third kappa shape index (κ3) is 5.02. The summed E-state index contributed by atoms with van der Waals surface area (Å²) in [5.41, 5.74) is 2.42. The molecule has 8 heteroatoms. The average molecular weight is 547 g/mol. The number of halogens is 2. The third-order valence-electron chi connectivity index (χ3n) is 4.69. The Labute approximate surface area is 209 Å². The van der Waals surface area contributed by atoms with E-state index in [1.54, 1.807) is 13.2 Å². The second-order valence-electron chi connectivity index (χ2n) is 6.79. The Kier molecular flexibility index (Phi) is 7.20. The van der Waals surface area contributed by atoms with Gasteiger partial charge in [0.2, 0.25) is 0 Å². The molecule has 162 valence electrons. The van der Waals surface area contributed by atoms with Crippen molar-refractivity contribution in [2.75, 3.05) is 12.0 Å². The van der Waals surface area contributed by atoms with Gasteiger partial charge in [-0.2, -0.15) is 0 Å². The molecule has 3 aromatic rings. The molecule has 32 heavy (non-hydrogen) atoms. The number of amides is 1. The molecule has 0 aliphatic carbocycles. The smallest absolute Gasteiger partial charge is 0.270 e. The largest absolute Gasteiger partial charge is 0.493 e. The molecule has 1 heterocycles. The fourth-order valence-corrected chi connectivity index (χ4v) is 5.00. The third-order valence-corrected chi connectivity index (χ3v) is 6.85. The summed E-state index contributed by atoms with van der Waals surface area (Å²) in [6.45, 7) is 0.320. The second-order valence-corrected chi connectivity index (χ2v) is 9.79. The number of ether oxygens (including phenoxy) is 2. The number of rotatable bonds is 6. The molecular weight excluding hydrogens is 530 g/mol. The van der Waals surface area contributed by atoms with Gasteiger partial charge in [-0.1, -0.05) is 81.8 Å². The Balaban J connectivity index is 1.54. The number of carbonyl (C=O) groups is 1. The van der Waals surface area contributed by atoms with Crippen LogP contribution in [0.5, 0.6) is 11.5 Å². The van der Waals surface area contributed by atoms with Gasteiger partial charge < -0.3 is 9.47 Å². The molecule has 0 radical (unpaired) electrons. The number of thioether (sulfide) groups is 1. The lowest BCUT2D eigenvalue weighted by Crippen LogP contribution is -2.27. The van der Waals surface area contributed by atoms with Gasteiger partial charge >= 0.3 is 0 Å². The van der Waals surface area contributed by atoms with Crippen molar-refractivity contribution in [3.63, 3.8) is 0 Å². The summed E-state index contributed by atoms with van der Waals surface area (Å²) >= 11 is 16.4. The zero-order valence-electron chi connectivity index (χ0n) is 16.9. The van der Waals surface area contributed by atoms with Gasteiger partial charge in [0.15, 0.2) is 15.8 Å². The minimum atomic E-state index is -0.156. The summed E-state index contributed by atoms with van der Waals surface area (Å²) in [6.07, 6.45) is 1.80. The first-order chi connectivity index (χ1) is 15.5. The molecule has 1 saturated heterocycles. The van der Waals surface area contributed by atoms with Crippen molar-refractivity contribution in [2.45, 2.75) is 6.61 Å². The lowest BCUT2D eigenvalue weighted by molar-refractivity contribution is -0.113. The molecule has 1 fully saturated rings. The lowest BCUT2D eigenvalue weighted by atomic mass is 10.1. The van der Waals surface area contributed by atoms with Crippen molar-refractivity contribution in [1.29, 1.82) is 0 Å². The Hall–Kier alpha value is -2.32. The van der Waals surface area contributed by atoms with Gasteiger partial charge in [-0.25, -0.2) is 0 Å². The Morgan fingerprint density at radius 2 is 1.91 bits per heavy atom. The van der Waals surface area contributed by atoms with Crippen molar-refractivity contribution in [2.24, 2.45) is 0 Å². The van der Waals surface area contributed by atoms with Crippen LogP contribution < -0.4 is 14.4 Å². The molecule has 4 nitrogen and oxygen atoms in total. The van der Waals surface area contributed by atoms with Crippen molar-refractivity contribution >= 4 is 73.5 Å². The highest BCUT2D eigenvalue weighted by atomic mass is 79.9. The van der Waals surface area contributed by atoms with Crippen molar-refractivity contribution < 1.29 is 14.3 Å². The summed E-state index contributed by atoms with van der Waals surface area (Å²) < 4.78 is 12.8. The molecule has 0 spiro atoms. The van der Waals surface area contributed by atoms with E-state index in [4.69, 9.17) is 33.3 Å². The Bertz CT molecular complexity index is 1230. The summed E-state index contributed by atoms with van der Waals surface area (Å²) in [4.78, 5) is 15.1. The number of benzene rings is 3. The van der Waals surface area contributed by atoms with E-state index in [1.807, 2.05) is 66.7 Å². The minimum absolute atomic E-state index is 0.156. The molecule has 1 aliphatic heterocycles. The minimum Gasteiger partial charge on any atom is -0.493 e. The van der Waals surface area contributed by atoms with E-state index in [0.717, 1.165) is 21.3 Å². The number of thiocarbonyl (C=S) groups is 1. The van der Waals surface area contributed by atoms with E-state index < -0.39 is 0 Å². The maximum Gasteiger partial charge on any atom is 0.270 e. The van der Waals surface area contributed by atoms with Crippen molar-refractivity contribution in [3.05, 3.63) is 92.3 Å². The first-order valence-corrected chi connectivity index (χ1v) is 11.9. The molecule has 3 aromatic carbocycles. The van der Waals surface area contributed by atoms with Crippen LogP contribution in [0.25, 0.3) is 6.08 Å². The molecule has 0 aromatic heterocycles. The second kappa shape index (κ2) is 10.1. The molecule has 4 rings (SSSR count). The zero-order chi connectivity index (χ0) is 22.7. The van der Waals surface area contributed by atoms with Crippen LogP contribution >= 0.6 is 51.5 Å². The first kappa shape index (κ1) is 22.9. The molecule has 0 unspecified atom stereocenters. The van der Waals surface area contributed by atoms with E-state index in [1.165, 1.54) is 16.7 Å². The van der Waals surface area contributed by atoms with E-state index >= 15 is 0 Å². The normalized spacial score (nSPS) is 14.8. The van der Waals surface area contributed by atoms with Gasteiger partial charge in [-0.3, -0.25) is 9.69 Å². The van der Waals surface area contributed by atoms with E-state index in [2.05, 4.69) is 15.9 Å². The van der Waals surface area contributed by atoms with Crippen LogP contribution in [0.1, 0.15) is 11.1 Å². The summed E-state index contributed by atoms with van der Waals surface area (Å²) in [5, 5.41) is 0.649. The maximum absolute atomic E-state index is 13.0. The fraction of sp³-hybridized carbons (Fsp3) is 0.0833. The standard InChI is InChI=1S/C24H17BrClNO3S2/c1-29-21-11-15(9-10-20(21)30-14-16-5-2-3-8-19(16)26)12-22-23(28)27(24(31)32-22)18-7-4-6-17(25)13-18/h2-13H,14H2,1H3/b22-12+.